The van der Waals surface area contributed by atoms with Crippen LogP contribution in [0.15, 0.2) is 0 Å². The van der Waals surface area contributed by atoms with Crippen LogP contribution in [0.25, 0.3) is 0 Å². The Hall–Kier alpha value is -0.683. The van der Waals surface area contributed by atoms with Crippen molar-refractivity contribution < 1.29 is 26.6 Å². The third-order valence-corrected chi connectivity index (χ3v) is 10.4. The molecule has 0 aromatic heterocycles. The number of carbonyl (C=O) groups is 1. The minimum atomic E-state index is -3.46. The maximum absolute atomic E-state index is 12.3. The molecule has 172 valence electrons. The Morgan fingerprint density at radius 2 is 1.76 bits per heavy atom. The predicted octanol–water partition coefficient (Wildman–Crippen LogP) is 2.95. The summed E-state index contributed by atoms with van der Waals surface area (Å²) in [6.07, 6.45) is 1.10. The molecule has 1 fully saturated rings. The van der Waals surface area contributed by atoms with Crippen molar-refractivity contribution in [2.75, 3.05) is 32.5 Å². The van der Waals surface area contributed by atoms with E-state index in [-0.39, 0.29) is 23.8 Å². The SMILES string of the molecule is CC(C)(C)OC(=O)N[C@H]1CCN(CCOS(C)(=O)=O)C[C@@H]1O[Si](C)(C)C(C)(C)C. The molecule has 1 amide bonds. The van der Waals surface area contributed by atoms with Gasteiger partial charge < -0.3 is 14.5 Å². The lowest BCUT2D eigenvalue weighted by Crippen LogP contribution is -2.59. The number of alkyl carbamates (subject to hydrolysis) is 1. The van der Waals surface area contributed by atoms with Gasteiger partial charge in [-0.2, -0.15) is 8.42 Å². The van der Waals surface area contributed by atoms with E-state index in [4.69, 9.17) is 13.3 Å². The Kier molecular flexibility index (Phi) is 8.75. The standard InChI is InChI=1S/C19H40N2O6SSi/c1-18(2,3)26-17(22)20-15-10-11-21(12-13-25-28(7,23)24)14-16(15)27-29(8,9)19(4,5)6/h15-16H,10-14H2,1-9H3,(H,20,22)/t15-,16-/m0/s1. The van der Waals surface area contributed by atoms with Crippen LogP contribution in [-0.4, -0.2) is 78.0 Å². The van der Waals surface area contributed by atoms with Gasteiger partial charge in [-0.3, -0.25) is 9.08 Å². The van der Waals surface area contributed by atoms with E-state index in [1.807, 2.05) is 20.8 Å². The van der Waals surface area contributed by atoms with Gasteiger partial charge in [0.05, 0.1) is 25.0 Å². The minimum Gasteiger partial charge on any atom is -0.444 e. The highest BCUT2D eigenvalue weighted by atomic mass is 32.2. The Morgan fingerprint density at radius 3 is 2.24 bits per heavy atom. The van der Waals surface area contributed by atoms with Crippen molar-refractivity contribution in [3.63, 3.8) is 0 Å². The maximum atomic E-state index is 12.3. The van der Waals surface area contributed by atoms with E-state index in [1.165, 1.54) is 0 Å². The first-order valence-electron chi connectivity index (χ1n) is 10.1. The van der Waals surface area contributed by atoms with Gasteiger partial charge in [0.25, 0.3) is 10.1 Å². The smallest absolute Gasteiger partial charge is 0.407 e. The monoisotopic (exact) mass is 452 g/mol. The van der Waals surface area contributed by atoms with Gasteiger partial charge in [0.15, 0.2) is 8.32 Å². The van der Waals surface area contributed by atoms with Crippen LogP contribution < -0.4 is 5.32 Å². The van der Waals surface area contributed by atoms with Gasteiger partial charge in [0, 0.05) is 19.6 Å². The van der Waals surface area contributed by atoms with Crippen molar-refractivity contribution >= 4 is 24.5 Å². The van der Waals surface area contributed by atoms with Crippen LogP contribution in [0.3, 0.4) is 0 Å². The van der Waals surface area contributed by atoms with Crippen molar-refractivity contribution in [1.82, 2.24) is 10.2 Å². The van der Waals surface area contributed by atoms with Crippen molar-refractivity contribution in [3.8, 4) is 0 Å². The Labute approximate surface area is 177 Å². The molecule has 0 unspecified atom stereocenters. The van der Waals surface area contributed by atoms with Gasteiger partial charge in [-0.25, -0.2) is 4.79 Å². The highest BCUT2D eigenvalue weighted by Gasteiger charge is 2.42. The quantitative estimate of drug-likeness (QED) is 0.469. The molecule has 1 aliphatic rings. The van der Waals surface area contributed by atoms with Crippen molar-refractivity contribution in [3.05, 3.63) is 0 Å². The summed E-state index contributed by atoms with van der Waals surface area (Å²) in [6, 6.07) is -0.161. The molecule has 10 heteroatoms. The molecule has 2 atom stereocenters. The molecule has 0 aromatic rings. The van der Waals surface area contributed by atoms with Crippen LogP contribution >= 0.6 is 0 Å². The summed E-state index contributed by atoms with van der Waals surface area (Å²) in [6.45, 7) is 18.3. The van der Waals surface area contributed by atoms with E-state index in [0.717, 1.165) is 6.26 Å². The summed E-state index contributed by atoms with van der Waals surface area (Å²) in [5, 5.41) is 3.02. The summed E-state index contributed by atoms with van der Waals surface area (Å²) in [4.78, 5) is 14.4. The second-order valence-corrected chi connectivity index (χ2v) is 16.7. The first kappa shape index (κ1) is 26.4. The molecule has 0 saturated carbocycles. The number of rotatable bonds is 7. The number of nitrogens with zero attached hydrogens (tertiary/aromatic N) is 1. The van der Waals surface area contributed by atoms with Gasteiger partial charge in [0.2, 0.25) is 0 Å². The number of ether oxygens (including phenoxy) is 1. The molecular formula is C19H40N2O6SSi. The van der Waals surface area contributed by atoms with Crippen molar-refractivity contribution in [2.24, 2.45) is 0 Å². The average molecular weight is 453 g/mol. The number of likely N-dealkylation sites (tertiary alicyclic amines) is 1. The van der Waals surface area contributed by atoms with E-state index in [0.29, 0.717) is 26.1 Å². The van der Waals surface area contributed by atoms with E-state index in [2.05, 4.69) is 44.1 Å². The van der Waals surface area contributed by atoms with Crippen LogP contribution in [0.4, 0.5) is 4.79 Å². The summed E-state index contributed by atoms with van der Waals surface area (Å²) in [7, 11) is -5.52. The van der Waals surface area contributed by atoms with Gasteiger partial charge in [-0.1, -0.05) is 20.8 Å². The molecule has 1 N–H and O–H groups in total. The molecule has 8 nitrogen and oxygen atoms in total. The van der Waals surface area contributed by atoms with Gasteiger partial charge >= 0.3 is 6.09 Å². The molecule has 1 saturated heterocycles. The fraction of sp³-hybridized carbons (Fsp3) is 0.947. The molecule has 0 bridgehead atoms. The second kappa shape index (κ2) is 9.63. The minimum absolute atomic E-state index is 0.0329. The summed E-state index contributed by atoms with van der Waals surface area (Å²) in [5.74, 6) is 0. The molecular weight excluding hydrogens is 412 g/mol. The summed E-state index contributed by atoms with van der Waals surface area (Å²) < 4.78 is 39.3. The lowest BCUT2D eigenvalue weighted by atomic mass is 10.0. The molecule has 0 aromatic carbocycles. The van der Waals surface area contributed by atoms with Gasteiger partial charge in [-0.05, 0) is 45.3 Å². The van der Waals surface area contributed by atoms with Crippen molar-refractivity contribution in [1.29, 1.82) is 0 Å². The maximum Gasteiger partial charge on any atom is 0.407 e. The van der Waals surface area contributed by atoms with Crippen LogP contribution in [0.1, 0.15) is 48.0 Å². The number of piperidine rings is 1. The van der Waals surface area contributed by atoms with Crippen LogP contribution in [0.2, 0.25) is 18.1 Å². The molecule has 29 heavy (non-hydrogen) atoms. The highest BCUT2D eigenvalue weighted by molar-refractivity contribution is 7.85. The largest absolute Gasteiger partial charge is 0.444 e. The first-order valence-corrected chi connectivity index (χ1v) is 14.9. The van der Waals surface area contributed by atoms with Gasteiger partial charge in [-0.15, -0.1) is 0 Å². The highest BCUT2D eigenvalue weighted by Crippen LogP contribution is 2.38. The predicted molar refractivity (Wildman–Crippen MR) is 117 cm³/mol. The zero-order chi connectivity index (χ0) is 22.7. The molecule has 1 aliphatic heterocycles. The molecule has 0 spiro atoms. The summed E-state index contributed by atoms with van der Waals surface area (Å²) in [5.41, 5.74) is -0.566. The lowest BCUT2D eigenvalue weighted by Gasteiger charge is -2.45. The average Bonchev–Trinajstić information content (AvgIpc) is 2.45. The number of amides is 1. The fourth-order valence-electron chi connectivity index (χ4n) is 2.80. The topological polar surface area (TPSA) is 94.2 Å². The third kappa shape index (κ3) is 9.78. The molecule has 0 aliphatic carbocycles. The normalized spacial score (nSPS) is 22.4. The number of carbonyl (C=O) groups excluding carboxylic acids is 1. The van der Waals surface area contributed by atoms with E-state index >= 15 is 0 Å². The number of nitrogens with one attached hydrogen (secondary N) is 1. The Morgan fingerprint density at radius 1 is 1.17 bits per heavy atom. The zero-order valence-corrected chi connectivity index (χ0v) is 21.3. The number of hydrogen-bond donors (Lipinski definition) is 1. The number of hydrogen-bond acceptors (Lipinski definition) is 7. The van der Waals surface area contributed by atoms with Crippen molar-refractivity contribution in [2.45, 2.75) is 83.8 Å². The fourth-order valence-corrected chi connectivity index (χ4v) is 4.53. The van der Waals surface area contributed by atoms with Crippen LogP contribution in [0.5, 0.6) is 0 Å². The molecule has 1 rings (SSSR count). The van der Waals surface area contributed by atoms with Crippen LogP contribution in [-0.2, 0) is 23.5 Å². The van der Waals surface area contributed by atoms with E-state index < -0.39 is 30.1 Å². The Bertz CT molecular complexity index is 655. The summed E-state index contributed by atoms with van der Waals surface area (Å²) >= 11 is 0. The Balaban J connectivity index is 2.85. The molecule has 1 heterocycles. The van der Waals surface area contributed by atoms with E-state index in [9.17, 15) is 13.2 Å². The zero-order valence-electron chi connectivity index (χ0n) is 19.5. The van der Waals surface area contributed by atoms with Crippen LogP contribution in [0, 0.1) is 0 Å². The first-order chi connectivity index (χ1) is 12.9. The second-order valence-electron chi connectivity index (χ2n) is 10.3. The molecule has 0 radical (unpaired) electrons. The third-order valence-electron chi connectivity index (χ3n) is 5.30. The van der Waals surface area contributed by atoms with Gasteiger partial charge in [0.1, 0.15) is 5.60 Å². The lowest BCUT2D eigenvalue weighted by molar-refractivity contribution is 0.0221. The van der Waals surface area contributed by atoms with E-state index in [1.54, 1.807) is 0 Å².